The summed E-state index contributed by atoms with van der Waals surface area (Å²) in [5, 5.41) is 0.216. The molecule has 1 aromatic heterocycles. The van der Waals surface area contributed by atoms with E-state index < -0.39 is 0 Å². The van der Waals surface area contributed by atoms with Crippen LogP contribution in [0.4, 0.5) is 0 Å². The molecular formula is C12H14BrClN2O. The van der Waals surface area contributed by atoms with Crippen molar-refractivity contribution in [3.63, 3.8) is 0 Å². The van der Waals surface area contributed by atoms with Crippen LogP contribution in [-0.2, 0) is 0 Å². The number of aromatic nitrogens is 1. The molecule has 0 fully saturated rings. The summed E-state index contributed by atoms with van der Waals surface area (Å²) < 4.78 is 0.729. The van der Waals surface area contributed by atoms with E-state index in [2.05, 4.69) is 27.5 Å². The van der Waals surface area contributed by atoms with Crippen LogP contribution in [0, 0.1) is 0 Å². The second kappa shape index (κ2) is 6.17. The summed E-state index contributed by atoms with van der Waals surface area (Å²) >= 11 is 9.21. The fraction of sp³-hybridized carbons (Fsp3) is 0.333. The maximum absolute atomic E-state index is 12.3. The first-order chi connectivity index (χ1) is 7.97. The Kier molecular flexibility index (Phi) is 5.15. The highest BCUT2D eigenvalue weighted by atomic mass is 79.9. The second-order valence-corrected chi connectivity index (χ2v) is 5.11. The largest absolute Gasteiger partial charge is 0.332 e. The Balaban J connectivity index is 3.08. The van der Waals surface area contributed by atoms with Crippen molar-refractivity contribution in [1.82, 2.24) is 9.88 Å². The average molecular weight is 318 g/mol. The van der Waals surface area contributed by atoms with Crippen LogP contribution in [-0.4, -0.2) is 28.4 Å². The number of hydrogen-bond donors (Lipinski definition) is 0. The summed E-state index contributed by atoms with van der Waals surface area (Å²) in [7, 11) is 0. The van der Waals surface area contributed by atoms with Crippen molar-refractivity contribution in [2.45, 2.75) is 19.9 Å². The SMILES string of the molecule is C=CCN(C(=O)c1cc(Br)cnc1Cl)C(C)C. The van der Waals surface area contributed by atoms with Crippen LogP contribution in [0.5, 0.6) is 0 Å². The van der Waals surface area contributed by atoms with Gasteiger partial charge >= 0.3 is 0 Å². The van der Waals surface area contributed by atoms with Gasteiger partial charge in [-0.1, -0.05) is 17.7 Å². The third kappa shape index (κ3) is 3.54. The lowest BCUT2D eigenvalue weighted by molar-refractivity contribution is 0.0728. The maximum Gasteiger partial charge on any atom is 0.257 e. The van der Waals surface area contributed by atoms with Gasteiger partial charge in [-0.25, -0.2) is 4.98 Å². The highest BCUT2D eigenvalue weighted by Crippen LogP contribution is 2.20. The highest BCUT2D eigenvalue weighted by molar-refractivity contribution is 9.10. The Morgan fingerprint density at radius 1 is 1.71 bits per heavy atom. The number of hydrogen-bond acceptors (Lipinski definition) is 2. The van der Waals surface area contributed by atoms with Crippen LogP contribution in [0.2, 0.25) is 5.15 Å². The zero-order valence-corrected chi connectivity index (χ0v) is 12.1. The molecule has 0 bridgehead atoms. The predicted octanol–water partition coefficient (Wildman–Crippen LogP) is 3.53. The minimum absolute atomic E-state index is 0.0792. The van der Waals surface area contributed by atoms with Crippen molar-refractivity contribution in [3.8, 4) is 0 Å². The minimum atomic E-state index is -0.140. The van der Waals surface area contributed by atoms with Crippen LogP contribution < -0.4 is 0 Å². The van der Waals surface area contributed by atoms with Gasteiger partial charge in [0.2, 0.25) is 0 Å². The Hall–Kier alpha value is -0.870. The molecule has 5 heteroatoms. The number of carbonyl (C=O) groups is 1. The standard InChI is InChI=1S/C12H14BrClN2O/c1-4-5-16(8(2)3)12(17)10-6-9(13)7-15-11(10)14/h4,6-8H,1,5H2,2-3H3. The summed E-state index contributed by atoms with van der Waals surface area (Å²) in [4.78, 5) is 17.9. The van der Waals surface area contributed by atoms with E-state index >= 15 is 0 Å². The molecule has 1 rings (SSSR count). The van der Waals surface area contributed by atoms with Gasteiger partial charge in [-0.2, -0.15) is 0 Å². The van der Waals surface area contributed by atoms with E-state index in [1.165, 1.54) is 0 Å². The van der Waals surface area contributed by atoms with E-state index in [1.54, 1.807) is 23.2 Å². The third-order valence-corrected chi connectivity index (χ3v) is 2.98. The highest BCUT2D eigenvalue weighted by Gasteiger charge is 2.20. The van der Waals surface area contributed by atoms with Crippen molar-refractivity contribution in [3.05, 3.63) is 40.1 Å². The van der Waals surface area contributed by atoms with Gasteiger partial charge in [0.1, 0.15) is 5.15 Å². The molecule has 92 valence electrons. The van der Waals surface area contributed by atoms with Gasteiger partial charge in [-0.3, -0.25) is 4.79 Å². The second-order valence-electron chi connectivity index (χ2n) is 3.83. The van der Waals surface area contributed by atoms with E-state index in [0.29, 0.717) is 12.1 Å². The van der Waals surface area contributed by atoms with Gasteiger partial charge in [0.25, 0.3) is 5.91 Å². The van der Waals surface area contributed by atoms with Gasteiger partial charge in [-0.15, -0.1) is 6.58 Å². The van der Waals surface area contributed by atoms with E-state index in [1.807, 2.05) is 13.8 Å². The molecule has 0 N–H and O–H groups in total. The lowest BCUT2D eigenvalue weighted by Gasteiger charge is -2.25. The van der Waals surface area contributed by atoms with Gasteiger partial charge in [0.05, 0.1) is 5.56 Å². The first kappa shape index (κ1) is 14.2. The molecule has 0 radical (unpaired) electrons. The molecule has 17 heavy (non-hydrogen) atoms. The zero-order valence-electron chi connectivity index (χ0n) is 9.78. The molecule has 0 saturated heterocycles. The van der Waals surface area contributed by atoms with Gasteiger partial charge in [0.15, 0.2) is 0 Å². The molecule has 0 aromatic carbocycles. The van der Waals surface area contributed by atoms with E-state index in [0.717, 1.165) is 4.47 Å². The van der Waals surface area contributed by atoms with Crippen LogP contribution in [0.1, 0.15) is 24.2 Å². The van der Waals surface area contributed by atoms with Gasteiger partial charge in [0, 0.05) is 23.3 Å². The van der Waals surface area contributed by atoms with Crippen molar-refractivity contribution < 1.29 is 4.79 Å². The molecule has 3 nitrogen and oxygen atoms in total. The molecular weight excluding hydrogens is 304 g/mol. The predicted molar refractivity (Wildman–Crippen MR) is 73.3 cm³/mol. The topological polar surface area (TPSA) is 33.2 Å². The first-order valence-electron chi connectivity index (χ1n) is 5.20. The van der Waals surface area contributed by atoms with Crippen molar-refractivity contribution >= 4 is 33.4 Å². The zero-order chi connectivity index (χ0) is 13.0. The number of rotatable bonds is 4. The van der Waals surface area contributed by atoms with Crippen molar-refractivity contribution in [2.24, 2.45) is 0 Å². The minimum Gasteiger partial charge on any atom is -0.332 e. The summed E-state index contributed by atoms with van der Waals surface area (Å²) in [6.07, 6.45) is 3.25. The Labute approximate surface area is 115 Å². The first-order valence-corrected chi connectivity index (χ1v) is 6.37. The summed E-state index contributed by atoms with van der Waals surface area (Å²) in [6.45, 7) is 8.02. The number of pyridine rings is 1. The Morgan fingerprint density at radius 3 is 2.88 bits per heavy atom. The van der Waals surface area contributed by atoms with Crippen molar-refractivity contribution in [1.29, 1.82) is 0 Å². The smallest absolute Gasteiger partial charge is 0.257 e. The summed E-state index contributed by atoms with van der Waals surface area (Å²) in [5.74, 6) is -0.140. The normalized spacial score (nSPS) is 10.4. The number of nitrogens with zero attached hydrogens (tertiary/aromatic N) is 2. The molecule has 0 aliphatic rings. The molecule has 0 atom stereocenters. The molecule has 1 aromatic rings. The van der Waals surface area contributed by atoms with Gasteiger partial charge < -0.3 is 4.90 Å². The quantitative estimate of drug-likeness (QED) is 0.628. The lowest BCUT2D eigenvalue weighted by atomic mass is 10.2. The molecule has 0 spiro atoms. The molecule has 1 heterocycles. The number of amides is 1. The number of halogens is 2. The monoisotopic (exact) mass is 316 g/mol. The van der Waals surface area contributed by atoms with Crippen LogP contribution >= 0.6 is 27.5 Å². The third-order valence-electron chi connectivity index (χ3n) is 2.25. The van der Waals surface area contributed by atoms with E-state index in [4.69, 9.17) is 11.6 Å². The fourth-order valence-electron chi connectivity index (χ4n) is 1.39. The van der Waals surface area contributed by atoms with Crippen LogP contribution in [0.3, 0.4) is 0 Å². The number of carbonyl (C=O) groups excluding carboxylic acids is 1. The molecule has 0 aliphatic carbocycles. The molecule has 1 amide bonds. The molecule has 0 saturated carbocycles. The van der Waals surface area contributed by atoms with E-state index in [9.17, 15) is 4.79 Å². The summed E-state index contributed by atoms with van der Waals surface area (Å²) in [6, 6.07) is 1.76. The Morgan fingerprint density at radius 2 is 2.35 bits per heavy atom. The summed E-state index contributed by atoms with van der Waals surface area (Å²) in [5.41, 5.74) is 0.400. The maximum atomic E-state index is 12.3. The average Bonchev–Trinajstić information content (AvgIpc) is 2.28. The lowest BCUT2D eigenvalue weighted by Crippen LogP contribution is -2.37. The Bertz CT molecular complexity index is 435. The van der Waals surface area contributed by atoms with Gasteiger partial charge in [-0.05, 0) is 35.8 Å². The van der Waals surface area contributed by atoms with Crippen molar-refractivity contribution in [2.75, 3.05) is 6.54 Å². The fourth-order valence-corrected chi connectivity index (χ4v) is 1.91. The molecule has 0 aliphatic heterocycles. The van der Waals surface area contributed by atoms with Crippen LogP contribution in [0.15, 0.2) is 29.4 Å². The van der Waals surface area contributed by atoms with Crippen LogP contribution in [0.25, 0.3) is 0 Å². The molecule has 0 unspecified atom stereocenters. The van der Waals surface area contributed by atoms with E-state index in [-0.39, 0.29) is 17.1 Å².